The van der Waals surface area contributed by atoms with Gasteiger partial charge in [0.1, 0.15) is 12.6 Å². The van der Waals surface area contributed by atoms with Crippen LogP contribution in [0.15, 0.2) is 48.8 Å². The van der Waals surface area contributed by atoms with E-state index in [1.165, 1.54) is 6.20 Å². The second kappa shape index (κ2) is 6.89. The minimum Gasteiger partial charge on any atom is -0.618 e. The quantitative estimate of drug-likeness (QED) is 0.556. The lowest BCUT2D eigenvalue weighted by atomic mass is 10.0. The fourth-order valence-corrected chi connectivity index (χ4v) is 2.69. The normalized spacial score (nSPS) is 11.2. The van der Waals surface area contributed by atoms with E-state index >= 15 is 0 Å². The minimum absolute atomic E-state index is 0.193. The molecule has 2 N–H and O–H groups in total. The number of hydrogen-bond donors (Lipinski definition) is 2. The van der Waals surface area contributed by atoms with Crippen LogP contribution in [0, 0.1) is 16.5 Å². The fraction of sp³-hybridized carbons (Fsp3) is 0.250. The Labute approximate surface area is 152 Å². The predicted molar refractivity (Wildman–Crippen MR) is 103 cm³/mol. The van der Waals surface area contributed by atoms with Gasteiger partial charge in [0.25, 0.3) is 0 Å². The maximum absolute atomic E-state index is 11.8. The highest BCUT2D eigenvalue weighted by atomic mass is 16.5. The third kappa shape index (κ3) is 3.83. The Morgan fingerprint density at radius 3 is 2.73 bits per heavy atom. The highest BCUT2D eigenvalue weighted by Gasteiger charge is 2.16. The average Bonchev–Trinajstić information content (AvgIpc) is 2.60. The van der Waals surface area contributed by atoms with Crippen molar-refractivity contribution < 1.29 is 4.73 Å². The summed E-state index contributed by atoms with van der Waals surface area (Å²) in [4.78, 5) is 4.37. The molecule has 3 rings (SSSR count). The lowest BCUT2D eigenvalue weighted by molar-refractivity contribution is -0.613. The molecule has 0 spiro atoms. The van der Waals surface area contributed by atoms with Gasteiger partial charge in [-0.05, 0) is 45.0 Å². The first kappa shape index (κ1) is 17.5. The number of rotatable bonds is 4. The molecule has 0 unspecified atom stereocenters. The summed E-state index contributed by atoms with van der Waals surface area (Å²) in [5, 5.41) is 28.8. The number of benzene rings is 1. The maximum atomic E-state index is 11.8. The molecule has 6 heteroatoms. The number of nitriles is 1. The van der Waals surface area contributed by atoms with E-state index < -0.39 is 0 Å². The Morgan fingerprint density at radius 2 is 2.04 bits per heavy atom. The van der Waals surface area contributed by atoms with Gasteiger partial charge < -0.3 is 15.8 Å². The summed E-state index contributed by atoms with van der Waals surface area (Å²) in [6.45, 7) is 6.55. The van der Waals surface area contributed by atoms with Crippen molar-refractivity contribution in [3.63, 3.8) is 0 Å². The van der Waals surface area contributed by atoms with E-state index in [0.29, 0.717) is 17.8 Å². The van der Waals surface area contributed by atoms with E-state index in [9.17, 15) is 10.5 Å². The van der Waals surface area contributed by atoms with Gasteiger partial charge in [0, 0.05) is 34.9 Å². The van der Waals surface area contributed by atoms with Crippen molar-refractivity contribution in [2.75, 3.05) is 10.6 Å². The molecule has 0 atom stereocenters. The Bertz CT molecular complexity index is 986. The van der Waals surface area contributed by atoms with Crippen LogP contribution in [0.5, 0.6) is 0 Å². The molecule has 0 aliphatic carbocycles. The van der Waals surface area contributed by atoms with Crippen molar-refractivity contribution in [1.82, 2.24) is 4.98 Å². The number of aromatic nitrogens is 2. The van der Waals surface area contributed by atoms with Crippen LogP contribution in [0.3, 0.4) is 0 Å². The minimum atomic E-state index is -0.193. The number of hydrogen-bond acceptors (Lipinski definition) is 5. The third-order valence-corrected chi connectivity index (χ3v) is 3.87. The standard InChI is InChI=1S/C20H21N5O/c1-20(2,3)24-19-14(11-21)12-23-18-8-7-15(10-17(18)19)22-13-16-6-4-5-9-25(16)26/h4-10,12,22H,13H2,1-3H3,(H,23,24). The van der Waals surface area contributed by atoms with Crippen LogP contribution in [0.2, 0.25) is 0 Å². The molecule has 6 nitrogen and oxygen atoms in total. The zero-order chi connectivity index (χ0) is 18.7. The zero-order valence-corrected chi connectivity index (χ0v) is 15.1. The summed E-state index contributed by atoms with van der Waals surface area (Å²) in [5.74, 6) is 0. The van der Waals surface area contributed by atoms with Crippen LogP contribution < -0.4 is 15.4 Å². The monoisotopic (exact) mass is 347 g/mol. The Hall–Kier alpha value is -3.33. The molecular weight excluding hydrogens is 326 g/mol. The van der Waals surface area contributed by atoms with E-state index in [4.69, 9.17) is 0 Å². The second-order valence-corrected chi connectivity index (χ2v) is 7.14. The van der Waals surface area contributed by atoms with Gasteiger partial charge in [-0.2, -0.15) is 9.99 Å². The van der Waals surface area contributed by atoms with Gasteiger partial charge in [0.15, 0.2) is 6.20 Å². The number of fused-ring (bicyclic) bond motifs is 1. The molecule has 1 aromatic carbocycles. The lowest BCUT2D eigenvalue weighted by Crippen LogP contribution is -2.32. The molecule has 3 aromatic rings. The molecule has 0 radical (unpaired) electrons. The van der Waals surface area contributed by atoms with Crippen LogP contribution in [0.1, 0.15) is 32.0 Å². The molecule has 0 bridgehead atoms. The first-order valence-corrected chi connectivity index (χ1v) is 8.39. The summed E-state index contributed by atoms with van der Waals surface area (Å²) >= 11 is 0. The van der Waals surface area contributed by atoms with Crippen molar-refractivity contribution in [1.29, 1.82) is 5.26 Å². The number of anilines is 2. The largest absolute Gasteiger partial charge is 0.618 e. The van der Waals surface area contributed by atoms with Crippen molar-refractivity contribution >= 4 is 22.3 Å². The smallest absolute Gasteiger partial charge is 0.211 e. The Balaban J connectivity index is 1.97. The molecule has 0 amide bonds. The molecule has 0 aliphatic rings. The molecule has 0 saturated heterocycles. The van der Waals surface area contributed by atoms with E-state index in [0.717, 1.165) is 27.0 Å². The van der Waals surface area contributed by atoms with Crippen LogP contribution in [-0.2, 0) is 6.54 Å². The van der Waals surface area contributed by atoms with Gasteiger partial charge in [0.05, 0.1) is 16.8 Å². The third-order valence-electron chi connectivity index (χ3n) is 3.87. The van der Waals surface area contributed by atoms with Gasteiger partial charge >= 0.3 is 0 Å². The summed E-state index contributed by atoms with van der Waals surface area (Å²) in [6.07, 6.45) is 3.07. The average molecular weight is 347 g/mol. The second-order valence-electron chi connectivity index (χ2n) is 7.14. The molecule has 2 aromatic heterocycles. The summed E-state index contributed by atoms with van der Waals surface area (Å²) in [7, 11) is 0. The van der Waals surface area contributed by atoms with Crippen LogP contribution >= 0.6 is 0 Å². The molecular formula is C20H21N5O. The highest BCUT2D eigenvalue weighted by Crippen LogP contribution is 2.30. The summed E-state index contributed by atoms with van der Waals surface area (Å²) in [5.41, 5.74) is 3.37. The summed E-state index contributed by atoms with van der Waals surface area (Å²) in [6, 6.07) is 13.3. The Kier molecular flexibility index (Phi) is 4.63. The SMILES string of the molecule is CC(C)(C)Nc1c(C#N)cnc2ccc(NCc3cccc[n+]3[O-])cc12. The number of pyridine rings is 2. The Morgan fingerprint density at radius 1 is 1.23 bits per heavy atom. The molecule has 0 aliphatic heterocycles. The summed E-state index contributed by atoms with van der Waals surface area (Å²) < 4.78 is 0.843. The van der Waals surface area contributed by atoms with Crippen molar-refractivity contribution in [3.05, 3.63) is 65.3 Å². The molecule has 132 valence electrons. The fourth-order valence-electron chi connectivity index (χ4n) is 2.69. The van der Waals surface area contributed by atoms with E-state index in [1.54, 1.807) is 18.3 Å². The van der Waals surface area contributed by atoms with Crippen LogP contribution in [0.4, 0.5) is 11.4 Å². The zero-order valence-electron chi connectivity index (χ0n) is 15.1. The number of nitrogens with one attached hydrogen (secondary N) is 2. The molecule has 0 saturated carbocycles. The predicted octanol–water partition coefficient (Wildman–Crippen LogP) is 3.56. The maximum Gasteiger partial charge on any atom is 0.211 e. The molecule has 26 heavy (non-hydrogen) atoms. The first-order chi connectivity index (χ1) is 12.4. The van der Waals surface area contributed by atoms with Crippen LogP contribution in [0.25, 0.3) is 10.9 Å². The van der Waals surface area contributed by atoms with Gasteiger partial charge in [-0.15, -0.1) is 0 Å². The van der Waals surface area contributed by atoms with E-state index in [2.05, 4.69) is 21.7 Å². The van der Waals surface area contributed by atoms with Gasteiger partial charge in [0.2, 0.25) is 5.69 Å². The first-order valence-electron chi connectivity index (χ1n) is 8.39. The van der Waals surface area contributed by atoms with Crippen molar-refractivity contribution in [2.24, 2.45) is 0 Å². The molecule has 2 heterocycles. The van der Waals surface area contributed by atoms with E-state index in [1.807, 2.05) is 45.0 Å². The topological polar surface area (TPSA) is 87.7 Å². The van der Waals surface area contributed by atoms with Crippen molar-refractivity contribution in [3.8, 4) is 6.07 Å². The lowest BCUT2D eigenvalue weighted by Gasteiger charge is -2.24. The molecule has 0 fully saturated rings. The van der Waals surface area contributed by atoms with Gasteiger partial charge in [-0.1, -0.05) is 0 Å². The van der Waals surface area contributed by atoms with Crippen molar-refractivity contribution in [2.45, 2.75) is 32.9 Å². The van der Waals surface area contributed by atoms with Gasteiger partial charge in [-0.25, -0.2) is 0 Å². The number of nitrogens with zero attached hydrogens (tertiary/aromatic N) is 3. The van der Waals surface area contributed by atoms with E-state index in [-0.39, 0.29) is 5.54 Å². The van der Waals surface area contributed by atoms with Crippen LogP contribution in [-0.4, -0.2) is 10.5 Å². The van der Waals surface area contributed by atoms with Gasteiger partial charge in [-0.3, -0.25) is 4.98 Å². The highest BCUT2D eigenvalue weighted by molar-refractivity contribution is 5.96.